The zero-order valence-corrected chi connectivity index (χ0v) is 10.2. The highest BCUT2D eigenvalue weighted by Gasteiger charge is 2.32. The molecule has 19 heavy (non-hydrogen) atoms. The molecule has 0 spiro atoms. The smallest absolute Gasteiger partial charge is 0.257 e. The lowest BCUT2D eigenvalue weighted by Crippen LogP contribution is -2.41. The molecule has 1 saturated heterocycles. The number of nitrogens with zero attached hydrogens (tertiary/aromatic N) is 1. The van der Waals surface area contributed by atoms with Gasteiger partial charge in [-0.25, -0.2) is 8.78 Å². The number of carbonyl (C=O) groups excluding carboxylic acids is 2. The Morgan fingerprint density at radius 1 is 1.47 bits per heavy atom. The van der Waals surface area contributed by atoms with E-state index in [0.717, 1.165) is 12.1 Å². The molecule has 1 aromatic carbocycles. The van der Waals surface area contributed by atoms with E-state index in [1.54, 1.807) is 7.05 Å². The van der Waals surface area contributed by atoms with Gasteiger partial charge in [0, 0.05) is 13.6 Å². The normalized spacial score (nSPS) is 18.8. The number of hydrogen-bond acceptors (Lipinski definition) is 3. The van der Waals surface area contributed by atoms with Gasteiger partial charge in [0.1, 0.15) is 17.4 Å². The molecule has 1 fully saturated rings. The predicted octanol–water partition coefficient (Wildman–Crippen LogP) is 0.508. The van der Waals surface area contributed by atoms with Crippen LogP contribution in [0.1, 0.15) is 16.8 Å². The topological polar surface area (TPSA) is 75.4 Å². The Hall–Kier alpha value is -2.18. The highest BCUT2D eigenvalue weighted by Crippen LogP contribution is 2.19. The molecule has 3 N–H and O–H groups in total. The highest BCUT2D eigenvalue weighted by atomic mass is 19.1. The Labute approximate surface area is 108 Å². The van der Waals surface area contributed by atoms with Crippen LogP contribution in [0.4, 0.5) is 14.5 Å². The van der Waals surface area contributed by atoms with E-state index >= 15 is 0 Å². The van der Waals surface area contributed by atoms with E-state index in [1.807, 2.05) is 0 Å². The van der Waals surface area contributed by atoms with Crippen molar-refractivity contribution >= 4 is 17.5 Å². The molecule has 102 valence electrons. The summed E-state index contributed by atoms with van der Waals surface area (Å²) in [4.78, 5) is 24.9. The summed E-state index contributed by atoms with van der Waals surface area (Å²) in [5.41, 5.74) is 4.21. The van der Waals surface area contributed by atoms with Gasteiger partial charge in [0.15, 0.2) is 5.82 Å². The number of nitrogens with one attached hydrogen (secondary N) is 1. The molecule has 7 heteroatoms. The van der Waals surface area contributed by atoms with E-state index < -0.39 is 29.1 Å². The molecule has 1 heterocycles. The van der Waals surface area contributed by atoms with Gasteiger partial charge in [0.05, 0.1) is 5.69 Å². The number of likely N-dealkylation sites (N-methyl/N-ethyl adjacent to an activating group) is 1. The molecule has 5 nitrogen and oxygen atoms in total. The van der Waals surface area contributed by atoms with Crippen molar-refractivity contribution in [2.75, 3.05) is 19.3 Å². The molecule has 2 amide bonds. The van der Waals surface area contributed by atoms with Crippen LogP contribution in [0.25, 0.3) is 0 Å². The minimum atomic E-state index is -1.11. The number of benzene rings is 1. The monoisotopic (exact) mass is 269 g/mol. The van der Waals surface area contributed by atoms with Crippen LogP contribution >= 0.6 is 0 Å². The van der Waals surface area contributed by atoms with Crippen LogP contribution in [-0.2, 0) is 4.79 Å². The molecule has 0 saturated carbocycles. The molecule has 1 aliphatic heterocycles. The number of carbonyl (C=O) groups is 2. The highest BCUT2D eigenvalue weighted by molar-refractivity contribution is 5.99. The first-order chi connectivity index (χ1) is 8.91. The molecular formula is C12H13F2N3O2. The number of nitrogens with two attached hydrogens (primary N) is 1. The molecule has 0 aromatic heterocycles. The maximum atomic E-state index is 13.6. The van der Waals surface area contributed by atoms with Gasteiger partial charge in [0.2, 0.25) is 5.91 Å². The summed E-state index contributed by atoms with van der Waals surface area (Å²) in [6.45, 7) is 0.492. The van der Waals surface area contributed by atoms with Crippen molar-refractivity contribution in [3.05, 3.63) is 29.3 Å². The third-order valence-electron chi connectivity index (χ3n) is 3.08. The largest absolute Gasteiger partial charge is 0.396 e. The minimum absolute atomic E-state index is 0.280. The number of nitrogen functional groups attached to an aromatic ring is 1. The second-order valence-electron chi connectivity index (χ2n) is 4.40. The molecule has 1 atom stereocenters. The number of halogens is 2. The maximum absolute atomic E-state index is 13.6. The molecule has 1 aliphatic rings. The summed E-state index contributed by atoms with van der Waals surface area (Å²) in [5.74, 6) is -3.38. The van der Waals surface area contributed by atoms with Crippen molar-refractivity contribution < 1.29 is 18.4 Å². The molecule has 1 unspecified atom stereocenters. The number of anilines is 1. The van der Waals surface area contributed by atoms with E-state index in [0.29, 0.717) is 13.0 Å². The third-order valence-corrected chi connectivity index (χ3v) is 3.08. The SMILES string of the molecule is CN1CCC(NC(=O)c2c(F)ccc(N)c2F)C1=O. The van der Waals surface area contributed by atoms with Crippen LogP contribution in [0.15, 0.2) is 12.1 Å². The van der Waals surface area contributed by atoms with Crippen LogP contribution in [0.3, 0.4) is 0 Å². The summed E-state index contributed by atoms with van der Waals surface area (Å²) in [5, 5.41) is 2.32. The fraction of sp³-hybridized carbons (Fsp3) is 0.333. The molecular weight excluding hydrogens is 256 g/mol. The Kier molecular flexibility index (Phi) is 3.37. The summed E-state index contributed by atoms with van der Waals surface area (Å²) in [6, 6.07) is 1.20. The van der Waals surface area contributed by atoms with Crippen molar-refractivity contribution in [3.8, 4) is 0 Å². The first kappa shape index (κ1) is 13.3. The van der Waals surface area contributed by atoms with E-state index in [-0.39, 0.29) is 11.6 Å². The quantitative estimate of drug-likeness (QED) is 0.768. The van der Waals surface area contributed by atoms with Gasteiger partial charge in [-0.15, -0.1) is 0 Å². The van der Waals surface area contributed by atoms with Gasteiger partial charge >= 0.3 is 0 Å². The van der Waals surface area contributed by atoms with Crippen molar-refractivity contribution in [1.29, 1.82) is 0 Å². The number of rotatable bonds is 2. The van der Waals surface area contributed by atoms with E-state index in [4.69, 9.17) is 5.73 Å². The van der Waals surface area contributed by atoms with E-state index in [2.05, 4.69) is 5.32 Å². The molecule has 0 aliphatic carbocycles. The number of amides is 2. The van der Waals surface area contributed by atoms with E-state index in [1.165, 1.54) is 4.90 Å². The van der Waals surface area contributed by atoms with Gasteiger partial charge in [-0.1, -0.05) is 0 Å². The third kappa shape index (κ3) is 2.35. The summed E-state index contributed by atoms with van der Waals surface area (Å²) in [6.07, 6.45) is 0.409. The second kappa shape index (κ2) is 4.83. The fourth-order valence-electron chi connectivity index (χ4n) is 1.96. The van der Waals surface area contributed by atoms with Crippen LogP contribution in [-0.4, -0.2) is 36.3 Å². The molecule has 0 bridgehead atoms. The minimum Gasteiger partial charge on any atom is -0.396 e. The zero-order valence-electron chi connectivity index (χ0n) is 10.2. The standard InChI is InChI=1S/C12H13F2N3O2/c1-17-5-4-8(12(17)19)16-11(18)9-6(13)2-3-7(15)10(9)14/h2-3,8H,4-5,15H2,1H3,(H,16,18). The van der Waals surface area contributed by atoms with Gasteiger partial charge in [0.25, 0.3) is 5.91 Å². The van der Waals surface area contributed by atoms with Gasteiger partial charge in [-0.05, 0) is 18.6 Å². The first-order valence-electron chi connectivity index (χ1n) is 5.71. The van der Waals surface area contributed by atoms with Crippen molar-refractivity contribution in [1.82, 2.24) is 10.2 Å². The molecule has 0 radical (unpaired) electrons. The Morgan fingerprint density at radius 3 is 2.74 bits per heavy atom. The molecule has 1 aromatic rings. The van der Waals surface area contributed by atoms with Crippen LogP contribution in [0, 0.1) is 11.6 Å². The zero-order chi connectivity index (χ0) is 14.2. The van der Waals surface area contributed by atoms with Crippen LogP contribution < -0.4 is 11.1 Å². The maximum Gasteiger partial charge on any atom is 0.257 e. The lowest BCUT2D eigenvalue weighted by molar-refractivity contribution is -0.128. The Morgan fingerprint density at radius 2 is 2.16 bits per heavy atom. The summed E-state index contributed by atoms with van der Waals surface area (Å²) in [7, 11) is 1.59. The fourth-order valence-corrected chi connectivity index (χ4v) is 1.96. The second-order valence-corrected chi connectivity index (χ2v) is 4.40. The molecule has 2 rings (SSSR count). The number of hydrogen-bond donors (Lipinski definition) is 2. The van der Waals surface area contributed by atoms with Crippen molar-refractivity contribution in [2.24, 2.45) is 0 Å². The summed E-state index contributed by atoms with van der Waals surface area (Å²) < 4.78 is 27.1. The number of likely N-dealkylation sites (tertiary alicyclic amines) is 1. The van der Waals surface area contributed by atoms with Gasteiger partial charge < -0.3 is 16.0 Å². The lowest BCUT2D eigenvalue weighted by Gasteiger charge is -2.13. The average molecular weight is 269 g/mol. The summed E-state index contributed by atoms with van der Waals surface area (Å²) >= 11 is 0. The van der Waals surface area contributed by atoms with Gasteiger partial charge in [-0.3, -0.25) is 9.59 Å². The van der Waals surface area contributed by atoms with E-state index in [9.17, 15) is 18.4 Å². The van der Waals surface area contributed by atoms with Crippen LogP contribution in [0.5, 0.6) is 0 Å². The first-order valence-corrected chi connectivity index (χ1v) is 5.71. The average Bonchev–Trinajstić information content (AvgIpc) is 2.66. The Balaban J connectivity index is 2.22. The van der Waals surface area contributed by atoms with Gasteiger partial charge in [-0.2, -0.15) is 0 Å². The lowest BCUT2D eigenvalue weighted by atomic mass is 10.1. The Bertz CT molecular complexity index is 548. The van der Waals surface area contributed by atoms with Crippen molar-refractivity contribution in [3.63, 3.8) is 0 Å². The van der Waals surface area contributed by atoms with Crippen LogP contribution in [0.2, 0.25) is 0 Å². The van der Waals surface area contributed by atoms with Crippen molar-refractivity contribution in [2.45, 2.75) is 12.5 Å². The predicted molar refractivity (Wildman–Crippen MR) is 64.3 cm³/mol.